The van der Waals surface area contributed by atoms with E-state index in [1.54, 1.807) is 0 Å². The highest BCUT2D eigenvalue weighted by atomic mass is 15.2. The monoisotopic (exact) mass is 1670 g/mol. The van der Waals surface area contributed by atoms with Crippen molar-refractivity contribution < 1.29 is 0 Å². The first-order chi connectivity index (χ1) is 65.4. The van der Waals surface area contributed by atoms with Crippen LogP contribution in [-0.2, 0) is 0 Å². The van der Waals surface area contributed by atoms with Gasteiger partial charge in [0.05, 0.1) is 56.7 Å². The van der Waals surface area contributed by atoms with Crippen molar-refractivity contribution in [3.8, 4) is 101 Å². The van der Waals surface area contributed by atoms with Crippen LogP contribution in [0.4, 0.5) is 68.2 Å². The molecule has 22 aromatic rings. The number of aromatic nitrogens is 2. The number of para-hydroxylation sites is 4. The van der Waals surface area contributed by atoms with Crippen molar-refractivity contribution in [1.82, 2.24) is 9.13 Å². The Balaban J connectivity index is 0.628. The van der Waals surface area contributed by atoms with Gasteiger partial charge in [0.25, 0.3) is 13.4 Å². The van der Waals surface area contributed by atoms with E-state index in [-0.39, 0.29) is 13.4 Å². The molecule has 0 saturated heterocycles. The molecule has 26 rings (SSSR count). The maximum absolute atomic E-state index is 10.7. The standard InChI is InChI=1S/C122H76B2N8/c125-77-79-44-60-109-105(64-79)123-106-65-80(78-126)45-61-110(106)128(96-38-19-6-20-39-96)118-74-100(73-117(121(118)123)127(109)95-36-17-5-18-37-95)132-114-70-92(84-32-15-4-16-33-84)51-57-102(114)104-59-53-94(72-116(104)132)88-35-25-34-87(66-88)85-46-48-86(49-47-85)93-52-58-103-101-56-50-91(83-30-13-3-14-31-83)69-113(101)131(115(103)71-93)99-75-119-122-120(76-99)130(98-42-23-8-24-43-98)112-63-55-90(82-28-11-2-12-29-82)68-108(112)124(122)107-67-89(81-26-9-1-10-27-81)54-62-111(107)129(119)97-40-21-7-22-41-97/h1-76H. The van der Waals surface area contributed by atoms with Crippen LogP contribution in [0.25, 0.3) is 133 Å². The van der Waals surface area contributed by atoms with Gasteiger partial charge in [-0.15, -0.1) is 0 Å². The van der Waals surface area contributed by atoms with E-state index in [4.69, 9.17) is 0 Å². The van der Waals surface area contributed by atoms with Gasteiger partial charge in [0.2, 0.25) is 0 Å². The number of nitrogens with zero attached hydrogens (tertiary/aromatic N) is 8. The lowest BCUT2D eigenvalue weighted by Gasteiger charge is -2.44. The summed E-state index contributed by atoms with van der Waals surface area (Å²) in [5, 5.41) is 25.9. The Labute approximate surface area is 765 Å². The van der Waals surface area contributed by atoms with Crippen LogP contribution >= 0.6 is 0 Å². The van der Waals surface area contributed by atoms with E-state index in [1.165, 1.54) is 49.4 Å². The molecule has 0 bridgehead atoms. The number of rotatable bonds is 13. The van der Waals surface area contributed by atoms with Gasteiger partial charge in [0, 0.05) is 89.8 Å². The van der Waals surface area contributed by atoms with Crippen LogP contribution in [0, 0.1) is 22.7 Å². The molecule has 610 valence electrons. The number of nitriles is 2. The second-order valence-electron chi connectivity index (χ2n) is 34.9. The molecule has 4 aliphatic heterocycles. The van der Waals surface area contributed by atoms with Crippen molar-refractivity contribution in [2.75, 3.05) is 19.6 Å². The van der Waals surface area contributed by atoms with Gasteiger partial charge < -0.3 is 28.7 Å². The Morgan fingerprint density at radius 2 is 0.386 bits per heavy atom. The Morgan fingerprint density at radius 3 is 0.682 bits per heavy atom. The minimum Gasteiger partial charge on any atom is -0.311 e. The molecule has 0 unspecified atom stereocenters. The second kappa shape index (κ2) is 30.5. The van der Waals surface area contributed by atoms with Gasteiger partial charge >= 0.3 is 0 Å². The fourth-order valence-electron chi connectivity index (χ4n) is 21.7. The van der Waals surface area contributed by atoms with E-state index in [2.05, 4.69) is 490 Å². The number of anilines is 12. The van der Waals surface area contributed by atoms with Gasteiger partial charge in [-0.25, -0.2) is 0 Å². The molecule has 0 saturated carbocycles. The van der Waals surface area contributed by atoms with Crippen molar-refractivity contribution in [1.29, 1.82) is 10.5 Å². The molecule has 0 radical (unpaired) electrons. The predicted octanol–water partition coefficient (Wildman–Crippen LogP) is 27.5. The molecule has 8 nitrogen and oxygen atoms in total. The first-order valence-electron chi connectivity index (χ1n) is 45.1. The average Bonchev–Trinajstić information content (AvgIpc) is 1.52. The molecular formula is C122H76B2N8. The molecular weight excluding hydrogens is 1600 g/mol. The highest BCUT2D eigenvalue weighted by Gasteiger charge is 2.47. The summed E-state index contributed by atoms with van der Waals surface area (Å²) in [7, 11) is 0. The summed E-state index contributed by atoms with van der Waals surface area (Å²) in [6, 6.07) is 174. The minimum atomic E-state index is -0.327. The van der Waals surface area contributed by atoms with Gasteiger partial charge in [-0.3, -0.25) is 0 Å². The highest BCUT2D eigenvalue weighted by molar-refractivity contribution is 7.01. The zero-order valence-corrected chi connectivity index (χ0v) is 71.6. The van der Waals surface area contributed by atoms with Crippen LogP contribution in [0.15, 0.2) is 461 Å². The lowest BCUT2D eigenvalue weighted by molar-refractivity contribution is 1.16. The second-order valence-corrected chi connectivity index (χ2v) is 34.9. The molecule has 132 heavy (non-hydrogen) atoms. The predicted molar refractivity (Wildman–Crippen MR) is 551 cm³/mol. The molecule has 10 heteroatoms. The highest BCUT2D eigenvalue weighted by Crippen LogP contribution is 2.52. The van der Waals surface area contributed by atoms with E-state index in [0.717, 1.165) is 184 Å². The molecule has 0 fully saturated rings. The lowest BCUT2D eigenvalue weighted by Crippen LogP contribution is -2.61. The topological polar surface area (TPSA) is 70.4 Å². The van der Waals surface area contributed by atoms with Crippen molar-refractivity contribution in [2.24, 2.45) is 0 Å². The molecule has 0 aliphatic carbocycles. The van der Waals surface area contributed by atoms with Crippen LogP contribution in [-0.4, -0.2) is 22.6 Å². The van der Waals surface area contributed by atoms with E-state index in [0.29, 0.717) is 11.1 Å². The van der Waals surface area contributed by atoms with Crippen molar-refractivity contribution in [3.63, 3.8) is 0 Å². The van der Waals surface area contributed by atoms with Gasteiger partial charge in [-0.2, -0.15) is 10.5 Å². The molecule has 0 atom stereocenters. The third-order valence-corrected chi connectivity index (χ3v) is 27.6. The van der Waals surface area contributed by atoms with Gasteiger partial charge in [-0.1, -0.05) is 309 Å². The van der Waals surface area contributed by atoms with Gasteiger partial charge in [-0.05, 0) is 262 Å². The van der Waals surface area contributed by atoms with E-state index in [1.807, 2.05) is 12.1 Å². The van der Waals surface area contributed by atoms with Crippen LogP contribution in [0.5, 0.6) is 0 Å². The summed E-state index contributed by atoms with van der Waals surface area (Å²) < 4.78 is 5.04. The fraction of sp³-hybridized carbons (Fsp3) is 0. The van der Waals surface area contributed by atoms with E-state index < -0.39 is 0 Å². The molecule has 2 aromatic heterocycles. The number of hydrogen-bond acceptors (Lipinski definition) is 6. The lowest BCUT2D eigenvalue weighted by atomic mass is 9.33. The smallest absolute Gasteiger partial charge is 0.252 e. The Bertz CT molecular complexity index is 8260. The van der Waals surface area contributed by atoms with Crippen LogP contribution in [0.1, 0.15) is 11.1 Å². The van der Waals surface area contributed by atoms with Crippen LogP contribution < -0.4 is 52.4 Å². The molecule has 0 amide bonds. The third kappa shape index (κ3) is 12.2. The van der Waals surface area contributed by atoms with Gasteiger partial charge in [0.1, 0.15) is 0 Å². The van der Waals surface area contributed by atoms with Crippen molar-refractivity contribution >= 4 is 158 Å². The summed E-state index contributed by atoms with van der Waals surface area (Å²) in [5.41, 5.74) is 42.9. The zero-order chi connectivity index (χ0) is 87.2. The SMILES string of the molecule is N#Cc1ccc2c(c1)B1c3cc(C#N)ccc3N(c3ccccc3)c3cc(-n4c5cc(-c6ccccc6)ccc5c5ccc(-c6cccc(-c7ccc(-c8ccc9c%10ccc(-c%11ccccc%11)cc%10n(-c%10cc%11c%12c(c%10)N(c%10ccccc%10)c%10ccc(-c%13ccccc%13)cc%10B%12c%10cc(-c%12ccccc%12)ccc%10N%11c%10ccccc%10)c9c8)cc7)c6)cc54)cc(c31)N2c1ccccc1. The Hall–Kier alpha value is -17.7. The summed E-state index contributed by atoms with van der Waals surface area (Å²) in [6.07, 6.45) is 0. The summed E-state index contributed by atoms with van der Waals surface area (Å²) >= 11 is 0. The maximum Gasteiger partial charge on any atom is 0.252 e. The zero-order valence-electron chi connectivity index (χ0n) is 71.6. The van der Waals surface area contributed by atoms with E-state index in [9.17, 15) is 10.5 Å². The Kier molecular flexibility index (Phi) is 17.5. The summed E-state index contributed by atoms with van der Waals surface area (Å²) in [5.74, 6) is 0. The summed E-state index contributed by atoms with van der Waals surface area (Å²) in [6.45, 7) is -0.480. The largest absolute Gasteiger partial charge is 0.311 e. The fourth-order valence-corrected chi connectivity index (χ4v) is 21.7. The number of benzene rings is 20. The summed E-state index contributed by atoms with van der Waals surface area (Å²) in [4.78, 5) is 9.83. The van der Waals surface area contributed by atoms with Crippen molar-refractivity contribution in [3.05, 3.63) is 472 Å². The molecule has 20 aromatic carbocycles. The van der Waals surface area contributed by atoms with Crippen molar-refractivity contribution in [2.45, 2.75) is 0 Å². The third-order valence-electron chi connectivity index (χ3n) is 27.6. The quantitative estimate of drug-likeness (QED) is 0.107. The van der Waals surface area contributed by atoms with Crippen LogP contribution in [0.2, 0.25) is 0 Å². The van der Waals surface area contributed by atoms with Gasteiger partial charge in [0.15, 0.2) is 0 Å². The molecule has 0 spiro atoms. The van der Waals surface area contributed by atoms with Crippen LogP contribution in [0.3, 0.4) is 0 Å². The molecule has 0 N–H and O–H groups in total. The first kappa shape index (κ1) is 75.6. The minimum absolute atomic E-state index is 0.154. The molecule has 4 aliphatic rings. The normalized spacial score (nSPS) is 12.6. The first-order valence-corrected chi connectivity index (χ1v) is 45.1. The Morgan fingerprint density at radius 1 is 0.167 bits per heavy atom. The number of fused-ring (bicyclic) bond motifs is 14. The average molecular weight is 1680 g/mol. The van der Waals surface area contributed by atoms with E-state index >= 15 is 0 Å². The number of hydrogen-bond donors (Lipinski definition) is 0. The molecule has 6 heterocycles. The maximum atomic E-state index is 10.7.